The van der Waals surface area contributed by atoms with Crippen LogP contribution < -0.4 is 4.74 Å². The van der Waals surface area contributed by atoms with Gasteiger partial charge in [-0.25, -0.2) is 13.2 Å². The highest BCUT2D eigenvalue weighted by atomic mass is 79.9. The van der Waals surface area contributed by atoms with Gasteiger partial charge < -0.3 is 9.84 Å². The van der Waals surface area contributed by atoms with Crippen molar-refractivity contribution in [1.29, 1.82) is 0 Å². The zero-order valence-electron chi connectivity index (χ0n) is 9.80. The van der Waals surface area contributed by atoms with Gasteiger partial charge in [-0.15, -0.1) is 0 Å². The molecule has 0 heterocycles. The Morgan fingerprint density at radius 1 is 1.44 bits per heavy atom. The number of hydrogen-bond acceptors (Lipinski definition) is 2. The first-order chi connectivity index (χ1) is 8.44. The molecule has 0 aliphatic heterocycles. The largest absolute Gasteiger partial charge is 0.485 e. The van der Waals surface area contributed by atoms with Gasteiger partial charge in [0.2, 0.25) is 0 Å². The minimum Gasteiger partial charge on any atom is -0.485 e. The van der Waals surface area contributed by atoms with Crippen LogP contribution in [0.1, 0.15) is 18.9 Å². The molecule has 0 aliphatic rings. The van der Waals surface area contributed by atoms with Crippen molar-refractivity contribution >= 4 is 15.9 Å². The summed E-state index contributed by atoms with van der Waals surface area (Å²) in [6.07, 6.45) is -1.52. The quantitative estimate of drug-likeness (QED) is 0.864. The lowest BCUT2D eigenvalue weighted by Crippen LogP contribution is -2.25. The minimum atomic E-state index is -3.06. The van der Waals surface area contributed by atoms with Gasteiger partial charge in [-0.2, -0.15) is 0 Å². The highest BCUT2D eigenvalue weighted by Gasteiger charge is 2.33. The van der Waals surface area contributed by atoms with Crippen LogP contribution >= 0.6 is 15.9 Å². The van der Waals surface area contributed by atoms with Crippen molar-refractivity contribution in [2.24, 2.45) is 0 Å². The lowest BCUT2D eigenvalue weighted by Gasteiger charge is -2.21. The van der Waals surface area contributed by atoms with Crippen LogP contribution in [0.2, 0.25) is 0 Å². The van der Waals surface area contributed by atoms with E-state index >= 15 is 0 Å². The summed E-state index contributed by atoms with van der Waals surface area (Å²) >= 11 is 3.11. The SMILES string of the molecule is CCC(F)(F)c1cc(Br)ccc1OC(CO)CF. The molecule has 0 saturated heterocycles. The van der Waals surface area contributed by atoms with Gasteiger partial charge in [-0.1, -0.05) is 22.9 Å². The van der Waals surface area contributed by atoms with Crippen LogP contribution in [0.4, 0.5) is 13.2 Å². The topological polar surface area (TPSA) is 29.5 Å². The van der Waals surface area contributed by atoms with Crippen LogP contribution in [-0.4, -0.2) is 24.5 Å². The second-order valence-electron chi connectivity index (χ2n) is 3.78. The summed E-state index contributed by atoms with van der Waals surface area (Å²) in [6.45, 7) is -0.156. The lowest BCUT2D eigenvalue weighted by atomic mass is 10.1. The third-order valence-electron chi connectivity index (χ3n) is 2.45. The smallest absolute Gasteiger partial charge is 0.276 e. The molecule has 1 N–H and O–H groups in total. The van der Waals surface area contributed by atoms with Gasteiger partial charge >= 0.3 is 0 Å². The molecule has 0 aromatic heterocycles. The van der Waals surface area contributed by atoms with E-state index in [-0.39, 0.29) is 17.7 Å². The Hall–Kier alpha value is -0.750. The normalized spacial score (nSPS) is 13.4. The van der Waals surface area contributed by atoms with Crippen molar-refractivity contribution in [3.05, 3.63) is 28.2 Å². The lowest BCUT2D eigenvalue weighted by molar-refractivity contribution is -0.0136. The fourth-order valence-electron chi connectivity index (χ4n) is 1.38. The highest BCUT2D eigenvalue weighted by Crippen LogP contribution is 2.39. The number of rotatable bonds is 6. The maximum atomic E-state index is 13.7. The van der Waals surface area contributed by atoms with Crippen molar-refractivity contribution < 1.29 is 23.0 Å². The standard InChI is InChI=1S/C12H14BrF3O2/c1-2-12(15,16)10-5-8(13)3-4-11(10)18-9(6-14)7-17/h3-5,9,17H,2,6-7H2,1H3. The Labute approximate surface area is 112 Å². The summed E-state index contributed by atoms with van der Waals surface area (Å²) < 4.78 is 45.5. The first-order valence-electron chi connectivity index (χ1n) is 5.46. The predicted molar refractivity (Wildman–Crippen MR) is 65.8 cm³/mol. The first kappa shape index (κ1) is 15.3. The van der Waals surface area contributed by atoms with E-state index in [1.165, 1.54) is 25.1 Å². The molecule has 1 aromatic carbocycles. The fraction of sp³-hybridized carbons (Fsp3) is 0.500. The van der Waals surface area contributed by atoms with Crippen LogP contribution in [0.25, 0.3) is 0 Å². The average molecular weight is 327 g/mol. The van der Waals surface area contributed by atoms with Crippen LogP contribution in [0.3, 0.4) is 0 Å². The van der Waals surface area contributed by atoms with Gasteiger partial charge in [0, 0.05) is 10.9 Å². The van der Waals surface area contributed by atoms with Crippen molar-refractivity contribution in [3.8, 4) is 5.75 Å². The van der Waals surface area contributed by atoms with Crippen molar-refractivity contribution in [2.45, 2.75) is 25.4 Å². The van der Waals surface area contributed by atoms with E-state index in [1.54, 1.807) is 0 Å². The molecule has 0 bridgehead atoms. The zero-order chi connectivity index (χ0) is 13.8. The van der Waals surface area contributed by atoms with E-state index < -0.39 is 25.3 Å². The van der Waals surface area contributed by atoms with E-state index in [0.29, 0.717) is 4.47 Å². The number of hydrogen-bond donors (Lipinski definition) is 1. The summed E-state index contributed by atoms with van der Waals surface area (Å²) in [6, 6.07) is 4.10. The van der Waals surface area contributed by atoms with Crippen LogP contribution in [0, 0.1) is 0 Å². The van der Waals surface area contributed by atoms with Crippen molar-refractivity contribution in [3.63, 3.8) is 0 Å². The van der Waals surface area contributed by atoms with Crippen LogP contribution in [-0.2, 0) is 5.92 Å². The molecule has 1 rings (SSSR count). The van der Waals surface area contributed by atoms with Gasteiger partial charge in [0.05, 0.1) is 12.2 Å². The second-order valence-corrected chi connectivity index (χ2v) is 4.69. The van der Waals surface area contributed by atoms with Crippen LogP contribution in [0.5, 0.6) is 5.75 Å². The molecule has 1 atom stereocenters. The number of aliphatic hydroxyl groups excluding tert-OH is 1. The molecule has 0 radical (unpaired) electrons. The molecule has 102 valence electrons. The monoisotopic (exact) mass is 326 g/mol. The van der Waals surface area contributed by atoms with Gasteiger partial charge in [0.15, 0.2) is 0 Å². The molecular weight excluding hydrogens is 313 g/mol. The molecule has 0 amide bonds. The molecule has 1 unspecified atom stereocenters. The Bertz CT molecular complexity index is 395. The fourth-order valence-corrected chi connectivity index (χ4v) is 1.74. The number of halogens is 4. The Kier molecular flexibility index (Phi) is 5.47. The van der Waals surface area contributed by atoms with Crippen molar-refractivity contribution in [1.82, 2.24) is 0 Å². The molecule has 6 heteroatoms. The molecular formula is C12H14BrF3O2. The molecule has 2 nitrogen and oxygen atoms in total. The molecule has 0 aliphatic carbocycles. The van der Waals surface area contributed by atoms with E-state index in [2.05, 4.69) is 15.9 Å². The molecule has 0 fully saturated rings. The van der Waals surface area contributed by atoms with E-state index in [1.807, 2.05) is 0 Å². The number of benzene rings is 1. The van der Waals surface area contributed by atoms with Gasteiger partial charge in [0.1, 0.15) is 18.5 Å². The second kappa shape index (κ2) is 6.43. The van der Waals surface area contributed by atoms with Gasteiger partial charge in [-0.05, 0) is 18.2 Å². The maximum Gasteiger partial charge on any atom is 0.276 e. The molecule has 0 spiro atoms. The summed E-state index contributed by atoms with van der Waals surface area (Å²) in [5.74, 6) is -3.17. The number of aliphatic hydroxyl groups is 1. The Morgan fingerprint density at radius 2 is 2.11 bits per heavy atom. The van der Waals surface area contributed by atoms with E-state index in [0.717, 1.165) is 0 Å². The highest BCUT2D eigenvalue weighted by molar-refractivity contribution is 9.10. The number of alkyl halides is 3. The third kappa shape index (κ3) is 3.62. The molecule has 18 heavy (non-hydrogen) atoms. The number of ether oxygens (including phenoxy) is 1. The van der Waals surface area contributed by atoms with E-state index in [4.69, 9.17) is 9.84 Å². The van der Waals surface area contributed by atoms with Crippen molar-refractivity contribution in [2.75, 3.05) is 13.3 Å². The summed E-state index contributed by atoms with van der Waals surface area (Å²) in [4.78, 5) is 0. The van der Waals surface area contributed by atoms with Gasteiger partial charge in [-0.3, -0.25) is 0 Å². The van der Waals surface area contributed by atoms with Crippen LogP contribution in [0.15, 0.2) is 22.7 Å². The maximum absolute atomic E-state index is 13.7. The Balaban J connectivity index is 3.11. The Morgan fingerprint density at radius 3 is 2.61 bits per heavy atom. The summed E-state index contributed by atoms with van der Waals surface area (Å²) in [5, 5.41) is 8.83. The average Bonchev–Trinajstić information content (AvgIpc) is 2.37. The first-order valence-corrected chi connectivity index (χ1v) is 6.25. The predicted octanol–water partition coefficient (Wildman–Crippen LogP) is 3.66. The van der Waals surface area contributed by atoms with Gasteiger partial charge in [0.25, 0.3) is 5.92 Å². The molecule has 0 saturated carbocycles. The minimum absolute atomic E-state index is 0.109. The summed E-state index contributed by atoms with van der Waals surface area (Å²) in [5.41, 5.74) is -0.314. The zero-order valence-corrected chi connectivity index (χ0v) is 11.4. The van der Waals surface area contributed by atoms with E-state index in [9.17, 15) is 13.2 Å². The molecule has 1 aromatic rings. The summed E-state index contributed by atoms with van der Waals surface area (Å²) in [7, 11) is 0. The third-order valence-corrected chi connectivity index (χ3v) is 2.94.